The van der Waals surface area contributed by atoms with Gasteiger partial charge >= 0.3 is 7.82 Å². The number of amides is 1. The van der Waals surface area contributed by atoms with Gasteiger partial charge < -0.3 is 19.8 Å². The fourth-order valence-electron chi connectivity index (χ4n) is 8.83. The predicted octanol–water partition coefficient (Wildman–Crippen LogP) is 21.4. The fourth-order valence-corrected chi connectivity index (χ4v) is 9.56. The van der Waals surface area contributed by atoms with Gasteiger partial charge in [-0.3, -0.25) is 13.8 Å². The van der Waals surface area contributed by atoms with Crippen LogP contribution in [0.25, 0.3) is 0 Å². The minimum atomic E-state index is -4.37. The first-order valence-corrected chi connectivity index (χ1v) is 34.9. The Morgan fingerprint density at radius 2 is 0.735 bits per heavy atom. The Balaban J connectivity index is 4.20. The molecule has 0 aromatic carbocycles. The van der Waals surface area contributed by atoms with Gasteiger partial charge in [-0.2, -0.15) is 0 Å². The van der Waals surface area contributed by atoms with Crippen LogP contribution < -0.4 is 5.32 Å². The summed E-state index contributed by atoms with van der Waals surface area (Å²) in [5, 5.41) is 13.9. The van der Waals surface area contributed by atoms with E-state index in [4.69, 9.17) is 9.05 Å². The molecule has 0 fully saturated rings. The molecule has 0 radical (unpaired) electrons. The van der Waals surface area contributed by atoms with Crippen molar-refractivity contribution < 1.29 is 32.9 Å². The zero-order valence-electron chi connectivity index (χ0n) is 53.9. The van der Waals surface area contributed by atoms with Gasteiger partial charge in [-0.15, -0.1) is 0 Å². The van der Waals surface area contributed by atoms with Crippen LogP contribution in [0.15, 0.2) is 158 Å². The van der Waals surface area contributed by atoms with Gasteiger partial charge in [-0.05, 0) is 116 Å². The van der Waals surface area contributed by atoms with Crippen molar-refractivity contribution in [2.24, 2.45) is 0 Å². The molecule has 0 saturated carbocycles. The summed E-state index contributed by atoms with van der Waals surface area (Å²) in [7, 11) is 1.53. The number of nitrogens with one attached hydrogen (secondary N) is 1. The molecule has 0 spiro atoms. The molecule has 0 aliphatic heterocycles. The van der Waals surface area contributed by atoms with Gasteiger partial charge in [-0.1, -0.05) is 287 Å². The number of aliphatic hydroxyl groups is 1. The van der Waals surface area contributed by atoms with Crippen LogP contribution in [0.5, 0.6) is 0 Å². The molecule has 0 bridgehead atoms. The number of nitrogens with zero attached hydrogens (tertiary/aromatic N) is 1. The summed E-state index contributed by atoms with van der Waals surface area (Å²) in [5.74, 6) is -0.203. The normalized spacial score (nSPS) is 14.7. The van der Waals surface area contributed by atoms with Gasteiger partial charge in [-0.25, -0.2) is 4.57 Å². The Hall–Kier alpha value is -3.88. The monoisotopic (exact) mass is 1170 g/mol. The van der Waals surface area contributed by atoms with E-state index < -0.39 is 20.0 Å². The number of likely N-dealkylation sites (N-methyl/N-ethyl adjacent to an activating group) is 1. The van der Waals surface area contributed by atoms with Crippen LogP contribution in [0.3, 0.4) is 0 Å². The second kappa shape index (κ2) is 62.6. The Labute approximate surface area is 511 Å². The molecule has 3 N–H and O–H groups in total. The Morgan fingerprint density at radius 3 is 1.11 bits per heavy atom. The van der Waals surface area contributed by atoms with Crippen molar-refractivity contribution in [1.29, 1.82) is 0 Å². The van der Waals surface area contributed by atoms with E-state index in [9.17, 15) is 19.4 Å². The number of aliphatic hydroxyl groups excluding tert-OH is 1. The maximum absolute atomic E-state index is 13.0. The third-order valence-corrected chi connectivity index (χ3v) is 15.0. The molecule has 0 aromatic rings. The summed E-state index contributed by atoms with van der Waals surface area (Å²) in [6, 6.07) is -0.882. The lowest BCUT2D eigenvalue weighted by Crippen LogP contribution is -2.45. The third-order valence-electron chi connectivity index (χ3n) is 14.0. The zero-order valence-corrected chi connectivity index (χ0v) is 54.8. The summed E-state index contributed by atoms with van der Waals surface area (Å²) in [6.07, 6.45) is 98.0. The van der Waals surface area contributed by atoms with Gasteiger partial charge in [0.2, 0.25) is 5.91 Å². The van der Waals surface area contributed by atoms with Crippen LogP contribution >= 0.6 is 7.82 Å². The SMILES string of the molecule is CC/C=C\C/C=C\C/C=C\C/C=C\C/C=C\C/C=C\C/C=C\C/C=C\C/C=C\C/C=C\C/C=C\CCCCCCCCCC(=O)NC(COP(=O)(O)OCC[N+](C)(C)C)C(O)/C=C/CC/C=C/CCCCCCCCCCCCCCCC. The summed E-state index contributed by atoms with van der Waals surface area (Å²) in [6.45, 7) is 4.67. The van der Waals surface area contributed by atoms with Crippen LogP contribution in [0.4, 0.5) is 0 Å². The smallest absolute Gasteiger partial charge is 0.387 e. The standard InChI is InChI=1S/C74H125N2O6P/c1-6-8-10-12-14-16-18-20-22-24-26-28-29-30-31-32-33-34-35-36-37-38-39-40-41-42-43-44-45-46-47-48-50-52-54-56-58-60-62-64-66-68-74(78)75-72(71-82-83(79,80)81-70-69-76(3,4)5)73(77)67-65-63-61-59-57-55-53-51-49-27-25-23-21-19-17-15-13-11-9-7-2/h8,10,14,16,20,22,26,28,30-31,33-34,36-37,39-40,42-43,45-46,48,50,57,59,65,67,72-73,77H,6-7,9,11-13,15,17-19,21,23-25,27,29,32,35,38,41,44,47,49,51-56,58,60-64,66,68-71H2,1-5H3,(H-,75,78,79,80)/p+1/b10-8-,16-14-,22-20-,28-26-,31-30-,34-33-,37-36-,40-39-,43-42-,46-45-,50-48-,59-57+,67-65+. The van der Waals surface area contributed by atoms with E-state index in [2.05, 4.69) is 165 Å². The number of unbranched alkanes of at least 4 members (excludes halogenated alkanes) is 22. The molecule has 83 heavy (non-hydrogen) atoms. The average Bonchev–Trinajstić information content (AvgIpc) is 3.49. The van der Waals surface area contributed by atoms with Crippen molar-refractivity contribution in [2.75, 3.05) is 40.9 Å². The van der Waals surface area contributed by atoms with Crippen molar-refractivity contribution >= 4 is 13.7 Å². The largest absolute Gasteiger partial charge is 0.472 e. The van der Waals surface area contributed by atoms with E-state index >= 15 is 0 Å². The highest BCUT2D eigenvalue weighted by Gasteiger charge is 2.27. The molecule has 0 aliphatic rings. The van der Waals surface area contributed by atoms with E-state index in [1.807, 2.05) is 27.2 Å². The van der Waals surface area contributed by atoms with E-state index in [0.29, 0.717) is 17.4 Å². The number of carbonyl (C=O) groups excluding carboxylic acids is 1. The zero-order chi connectivity index (χ0) is 60.5. The third kappa shape index (κ3) is 65.5. The van der Waals surface area contributed by atoms with Gasteiger partial charge in [0.1, 0.15) is 13.2 Å². The minimum absolute atomic E-state index is 0.0461. The van der Waals surface area contributed by atoms with Crippen molar-refractivity contribution in [1.82, 2.24) is 5.32 Å². The number of phosphoric acid groups is 1. The number of allylic oxidation sites excluding steroid dienone is 25. The number of quaternary nitrogens is 1. The molecular weight excluding hydrogens is 1040 g/mol. The van der Waals surface area contributed by atoms with Crippen molar-refractivity contribution in [2.45, 2.75) is 264 Å². The lowest BCUT2D eigenvalue weighted by molar-refractivity contribution is -0.870. The summed E-state index contributed by atoms with van der Waals surface area (Å²) >= 11 is 0. The fraction of sp³-hybridized carbons (Fsp3) is 0.635. The highest BCUT2D eigenvalue weighted by atomic mass is 31.2. The summed E-state index contributed by atoms with van der Waals surface area (Å²) in [5.41, 5.74) is 0. The van der Waals surface area contributed by atoms with Gasteiger partial charge in [0.15, 0.2) is 0 Å². The molecule has 0 aromatic heterocycles. The minimum Gasteiger partial charge on any atom is -0.387 e. The number of hydrogen-bond donors (Lipinski definition) is 3. The van der Waals surface area contributed by atoms with Crippen LogP contribution in [0, 0.1) is 0 Å². The lowest BCUT2D eigenvalue weighted by atomic mass is 10.0. The first kappa shape index (κ1) is 79.1. The highest BCUT2D eigenvalue weighted by Crippen LogP contribution is 2.43. The second-order valence-electron chi connectivity index (χ2n) is 23.1. The molecule has 3 atom stereocenters. The topological polar surface area (TPSA) is 105 Å². The number of phosphoric ester groups is 1. The number of rotatable bonds is 59. The van der Waals surface area contributed by atoms with Crippen LogP contribution in [-0.4, -0.2) is 73.4 Å². The average molecular weight is 1170 g/mol. The van der Waals surface area contributed by atoms with Crippen LogP contribution in [-0.2, 0) is 18.4 Å². The molecule has 0 aliphatic carbocycles. The maximum atomic E-state index is 13.0. The van der Waals surface area contributed by atoms with Crippen LogP contribution in [0.2, 0.25) is 0 Å². The Kier molecular flexibility index (Phi) is 59.7. The van der Waals surface area contributed by atoms with E-state index in [1.165, 1.54) is 109 Å². The second-order valence-corrected chi connectivity index (χ2v) is 24.6. The molecule has 8 nitrogen and oxygen atoms in total. The molecule has 472 valence electrons. The number of hydrogen-bond acceptors (Lipinski definition) is 5. The molecular formula is C74H126N2O6P+. The summed E-state index contributed by atoms with van der Waals surface area (Å²) < 4.78 is 23.7. The van der Waals surface area contributed by atoms with Crippen LogP contribution in [0.1, 0.15) is 251 Å². The van der Waals surface area contributed by atoms with Gasteiger partial charge in [0, 0.05) is 6.42 Å². The molecule has 0 rings (SSSR count). The molecule has 3 unspecified atom stereocenters. The van der Waals surface area contributed by atoms with Gasteiger partial charge in [0.25, 0.3) is 0 Å². The number of carbonyl (C=O) groups is 1. The molecule has 0 heterocycles. The van der Waals surface area contributed by atoms with Crippen molar-refractivity contribution in [3.8, 4) is 0 Å². The first-order chi connectivity index (χ1) is 40.5. The van der Waals surface area contributed by atoms with Crippen molar-refractivity contribution in [3.05, 3.63) is 158 Å². The Morgan fingerprint density at radius 1 is 0.422 bits per heavy atom. The van der Waals surface area contributed by atoms with E-state index in [-0.39, 0.29) is 19.1 Å². The predicted molar refractivity (Wildman–Crippen MR) is 364 cm³/mol. The van der Waals surface area contributed by atoms with Gasteiger partial charge in [0.05, 0.1) is 39.9 Å². The first-order valence-electron chi connectivity index (χ1n) is 33.4. The van der Waals surface area contributed by atoms with Crippen molar-refractivity contribution in [3.63, 3.8) is 0 Å². The lowest BCUT2D eigenvalue weighted by Gasteiger charge is -2.25. The van der Waals surface area contributed by atoms with E-state index in [0.717, 1.165) is 122 Å². The molecule has 9 heteroatoms. The maximum Gasteiger partial charge on any atom is 0.472 e. The highest BCUT2D eigenvalue weighted by molar-refractivity contribution is 7.47. The summed E-state index contributed by atoms with van der Waals surface area (Å²) in [4.78, 5) is 23.4. The molecule has 1 amide bonds. The van der Waals surface area contributed by atoms with E-state index in [1.54, 1.807) is 6.08 Å². The Bertz CT molecular complexity index is 1910. The quantitative estimate of drug-likeness (QED) is 0.0243. The molecule has 0 saturated heterocycles.